The van der Waals surface area contributed by atoms with Gasteiger partial charge in [0.2, 0.25) is 0 Å². The molecule has 3 heteroatoms. The second-order valence-electron chi connectivity index (χ2n) is 3.10. The van der Waals surface area contributed by atoms with Gasteiger partial charge in [-0.2, -0.15) is 0 Å². The van der Waals surface area contributed by atoms with Crippen molar-refractivity contribution in [2.75, 3.05) is 13.1 Å². The van der Waals surface area contributed by atoms with Crippen molar-refractivity contribution < 1.29 is 9.90 Å². The first kappa shape index (κ1) is 11.4. The van der Waals surface area contributed by atoms with Crippen molar-refractivity contribution in [3.63, 3.8) is 0 Å². The third-order valence-corrected chi connectivity index (χ3v) is 2.61. The molecule has 0 aromatic heterocycles. The van der Waals surface area contributed by atoms with Crippen LogP contribution in [0.1, 0.15) is 34.1 Å². The van der Waals surface area contributed by atoms with Crippen LogP contribution in [0.2, 0.25) is 0 Å². The van der Waals surface area contributed by atoms with Gasteiger partial charge in [0, 0.05) is 0 Å². The molecule has 0 aromatic rings. The Kier molecular flexibility index (Phi) is 4.24. The second kappa shape index (κ2) is 4.45. The summed E-state index contributed by atoms with van der Waals surface area (Å²) in [5.41, 5.74) is -0.691. The molecular formula is C9H19NO2. The number of hydrogen-bond donors (Lipinski definition) is 1. The van der Waals surface area contributed by atoms with Gasteiger partial charge in [-0.15, -0.1) is 0 Å². The molecule has 0 amide bonds. The summed E-state index contributed by atoms with van der Waals surface area (Å²) in [7, 11) is 0. The summed E-state index contributed by atoms with van der Waals surface area (Å²) in [5.74, 6) is -0.728. The van der Waals surface area contributed by atoms with Gasteiger partial charge in [0.15, 0.2) is 0 Å². The summed E-state index contributed by atoms with van der Waals surface area (Å²) in [6.07, 6.45) is 0.643. The quantitative estimate of drug-likeness (QED) is 0.686. The molecule has 1 atom stereocenters. The lowest BCUT2D eigenvalue weighted by Crippen LogP contribution is -2.51. The fourth-order valence-electron chi connectivity index (χ4n) is 1.43. The molecule has 0 rings (SSSR count). The minimum atomic E-state index is -0.728. The number of likely N-dealkylation sites (N-methyl/N-ethyl adjacent to an activating group) is 1. The summed E-state index contributed by atoms with van der Waals surface area (Å²) in [6.45, 7) is 9.23. The van der Waals surface area contributed by atoms with Gasteiger partial charge in [0.25, 0.3) is 0 Å². The Morgan fingerprint density at radius 3 is 1.83 bits per heavy atom. The van der Waals surface area contributed by atoms with Gasteiger partial charge in [-0.25, -0.2) is 0 Å². The Hall–Kier alpha value is -0.570. The Bertz CT molecular complexity index is 155. The number of carbonyl (C=O) groups is 1. The van der Waals surface area contributed by atoms with E-state index in [1.807, 2.05) is 25.7 Å². The van der Waals surface area contributed by atoms with E-state index in [1.54, 1.807) is 6.92 Å². The van der Waals surface area contributed by atoms with Crippen molar-refractivity contribution in [2.24, 2.45) is 0 Å². The Morgan fingerprint density at radius 2 is 1.75 bits per heavy atom. The van der Waals surface area contributed by atoms with Crippen LogP contribution >= 0.6 is 0 Å². The Labute approximate surface area is 74.4 Å². The zero-order valence-corrected chi connectivity index (χ0v) is 8.42. The SMILES string of the molecule is CCN(CC)C(C)(CC)C(=O)O. The molecule has 72 valence electrons. The monoisotopic (exact) mass is 173 g/mol. The van der Waals surface area contributed by atoms with E-state index in [9.17, 15) is 4.79 Å². The van der Waals surface area contributed by atoms with Crippen molar-refractivity contribution in [3.8, 4) is 0 Å². The molecule has 0 aromatic carbocycles. The molecule has 0 fully saturated rings. The van der Waals surface area contributed by atoms with Crippen LogP contribution in [0.25, 0.3) is 0 Å². The molecule has 1 unspecified atom stereocenters. The highest BCUT2D eigenvalue weighted by molar-refractivity contribution is 5.78. The Balaban J connectivity index is 4.58. The van der Waals surface area contributed by atoms with Crippen LogP contribution in [0.3, 0.4) is 0 Å². The molecule has 0 aliphatic heterocycles. The number of aliphatic carboxylic acids is 1. The lowest BCUT2D eigenvalue weighted by molar-refractivity contribution is -0.150. The van der Waals surface area contributed by atoms with Crippen LogP contribution < -0.4 is 0 Å². The maximum absolute atomic E-state index is 11.0. The first-order valence-corrected chi connectivity index (χ1v) is 4.51. The van der Waals surface area contributed by atoms with Crippen LogP contribution in [0.4, 0.5) is 0 Å². The largest absolute Gasteiger partial charge is 0.480 e. The standard InChI is InChI=1S/C9H19NO2/c1-5-9(4,8(11)12)10(6-2)7-3/h5-7H2,1-4H3,(H,11,12). The topological polar surface area (TPSA) is 40.5 Å². The maximum atomic E-state index is 11.0. The summed E-state index contributed by atoms with van der Waals surface area (Å²) in [6, 6.07) is 0. The summed E-state index contributed by atoms with van der Waals surface area (Å²) in [4.78, 5) is 12.9. The maximum Gasteiger partial charge on any atom is 0.323 e. The fraction of sp³-hybridized carbons (Fsp3) is 0.889. The average Bonchev–Trinajstić information content (AvgIpc) is 2.05. The zero-order valence-electron chi connectivity index (χ0n) is 8.42. The summed E-state index contributed by atoms with van der Waals surface area (Å²) >= 11 is 0. The van der Waals surface area contributed by atoms with Crippen molar-refractivity contribution in [1.29, 1.82) is 0 Å². The van der Waals surface area contributed by atoms with Crippen LogP contribution in [0.5, 0.6) is 0 Å². The molecular weight excluding hydrogens is 154 g/mol. The highest BCUT2D eigenvalue weighted by Crippen LogP contribution is 2.18. The van der Waals surface area contributed by atoms with E-state index < -0.39 is 11.5 Å². The molecule has 3 nitrogen and oxygen atoms in total. The number of hydrogen-bond acceptors (Lipinski definition) is 2. The van der Waals surface area contributed by atoms with E-state index in [0.717, 1.165) is 13.1 Å². The molecule has 12 heavy (non-hydrogen) atoms. The van der Waals surface area contributed by atoms with Gasteiger partial charge in [0.05, 0.1) is 0 Å². The van der Waals surface area contributed by atoms with E-state index in [2.05, 4.69) is 0 Å². The van der Waals surface area contributed by atoms with E-state index in [1.165, 1.54) is 0 Å². The molecule has 0 bridgehead atoms. The Morgan fingerprint density at radius 1 is 1.33 bits per heavy atom. The number of rotatable bonds is 5. The summed E-state index contributed by atoms with van der Waals surface area (Å²) in [5, 5.41) is 9.02. The van der Waals surface area contributed by atoms with Crippen LogP contribution in [0.15, 0.2) is 0 Å². The first-order valence-electron chi connectivity index (χ1n) is 4.51. The predicted octanol–water partition coefficient (Wildman–Crippen LogP) is 1.58. The van der Waals surface area contributed by atoms with Crippen molar-refractivity contribution in [3.05, 3.63) is 0 Å². The molecule has 0 aliphatic carbocycles. The number of carboxylic acid groups (broad SMARTS) is 1. The number of carboxylic acids is 1. The molecule has 0 heterocycles. The van der Waals surface area contributed by atoms with Gasteiger partial charge >= 0.3 is 5.97 Å². The van der Waals surface area contributed by atoms with Crippen molar-refractivity contribution >= 4 is 5.97 Å². The average molecular weight is 173 g/mol. The molecule has 0 saturated carbocycles. The molecule has 0 saturated heterocycles. The molecule has 0 aliphatic rings. The van der Waals surface area contributed by atoms with Crippen LogP contribution in [0, 0.1) is 0 Å². The smallest absolute Gasteiger partial charge is 0.323 e. The van der Waals surface area contributed by atoms with Crippen molar-refractivity contribution in [2.45, 2.75) is 39.7 Å². The van der Waals surface area contributed by atoms with E-state index in [-0.39, 0.29) is 0 Å². The first-order chi connectivity index (χ1) is 5.52. The number of nitrogens with zero attached hydrogens (tertiary/aromatic N) is 1. The predicted molar refractivity (Wildman–Crippen MR) is 49.3 cm³/mol. The van der Waals surface area contributed by atoms with Gasteiger partial charge in [-0.05, 0) is 26.4 Å². The van der Waals surface area contributed by atoms with Gasteiger partial charge in [-0.3, -0.25) is 9.69 Å². The van der Waals surface area contributed by atoms with Gasteiger partial charge in [0.1, 0.15) is 5.54 Å². The third kappa shape index (κ3) is 1.97. The second-order valence-corrected chi connectivity index (χ2v) is 3.10. The van der Waals surface area contributed by atoms with Gasteiger partial charge in [-0.1, -0.05) is 20.8 Å². The highest BCUT2D eigenvalue weighted by Gasteiger charge is 2.35. The van der Waals surface area contributed by atoms with E-state index >= 15 is 0 Å². The van der Waals surface area contributed by atoms with Crippen LogP contribution in [-0.4, -0.2) is 34.6 Å². The lowest BCUT2D eigenvalue weighted by Gasteiger charge is -2.35. The van der Waals surface area contributed by atoms with Gasteiger partial charge < -0.3 is 5.11 Å². The van der Waals surface area contributed by atoms with E-state index in [4.69, 9.17) is 5.11 Å². The molecule has 0 spiro atoms. The minimum absolute atomic E-state index is 0.643. The fourth-order valence-corrected chi connectivity index (χ4v) is 1.43. The zero-order chi connectivity index (χ0) is 9.78. The summed E-state index contributed by atoms with van der Waals surface area (Å²) < 4.78 is 0. The molecule has 1 N–H and O–H groups in total. The molecule has 0 radical (unpaired) electrons. The minimum Gasteiger partial charge on any atom is -0.480 e. The van der Waals surface area contributed by atoms with E-state index in [0.29, 0.717) is 6.42 Å². The highest BCUT2D eigenvalue weighted by atomic mass is 16.4. The van der Waals surface area contributed by atoms with Crippen LogP contribution in [-0.2, 0) is 4.79 Å². The van der Waals surface area contributed by atoms with Crippen molar-refractivity contribution in [1.82, 2.24) is 4.90 Å². The third-order valence-electron chi connectivity index (χ3n) is 2.61. The normalized spacial score (nSPS) is 16.1. The lowest BCUT2D eigenvalue weighted by atomic mass is 9.96.